The smallest absolute Gasteiger partial charge is 0.462 e. The van der Waals surface area contributed by atoms with Crippen molar-refractivity contribution >= 4 is 19.8 Å². The molecule has 0 radical (unpaired) electrons. The van der Waals surface area contributed by atoms with Crippen molar-refractivity contribution in [2.24, 2.45) is 0 Å². The third kappa shape index (κ3) is 31.3. The van der Waals surface area contributed by atoms with E-state index in [2.05, 4.69) is 30.5 Å². The van der Waals surface area contributed by atoms with Gasteiger partial charge in [-0.05, 0) is 38.5 Å². The number of carbonyl (C=O) groups is 2. The van der Waals surface area contributed by atoms with Gasteiger partial charge >= 0.3 is 19.8 Å². The lowest BCUT2D eigenvalue weighted by molar-refractivity contribution is -0.161. The maximum Gasteiger partial charge on any atom is 0.472 e. The summed E-state index contributed by atoms with van der Waals surface area (Å²) in [5.74, 6) is -0.935. The Balaban J connectivity index is 4.39. The van der Waals surface area contributed by atoms with Crippen LogP contribution in [0.15, 0.2) is 12.2 Å². The van der Waals surface area contributed by atoms with Crippen LogP contribution in [0.4, 0.5) is 0 Å². The van der Waals surface area contributed by atoms with E-state index in [9.17, 15) is 24.2 Å². The van der Waals surface area contributed by atoms with Crippen molar-refractivity contribution in [2.75, 3.05) is 26.4 Å². The second kappa shape index (κ2) is 32.3. The van der Waals surface area contributed by atoms with Crippen LogP contribution in [-0.2, 0) is 32.7 Å². The largest absolute Gasteiger partial charge is 0.472 e. The SMILES string of the molecule is CCCCCCC/C=C\CCCCCCCC(=O)O[C@H](COC(=O)CCCCCCCCCCC)COP(=O)(O)OC[C@@H](O)CO. The third-order valence-electron chi connectivity index (χ3n) is 7.67. The molecule has 0 aromatic carbocycles. The maximum atomic E-state index is 12.5. The predicted octanol–water partition coefficient (Wildman–Crippen LogP) is 8.50. The van der Waals surface area contributed by atoms with E-state index in [-0.39, 0.29) is 19.4 Å². The van der Waals surface area contributed by atoms with Crippen LogP contribution in [-0.4, -0.2) is 65.7 Å². The maximum absolute atomic E-state index is 12.5. The molecule has 272 valence electrons. The zero-order valence-electron chi connectivity index (χ0n) is 29.0. The van der Waals surface area contributed by atoms with E-state index in [0.717, 1.165) is 57.8 Å². The van der Waals surface area contributed by atoms with Crippen LogP contribution in [0, 0.1) is 0 Å². The molecule has 0 saturated carbocycles. The Morgan fingerprint density at radius 3 is 1.57 bits per heavy atom. The zero-order valence-corrected chi connectivity index (χ0v) is 29.9. The molecular formula is C35H67O10P. The molecule has 3 N–H and O–H groups in total. The first-order valence-corrected chi connectivity index (χ1v) is 19.6. The number of hydrogen-bond acceptors (Lipinski definition) is 9. The van der Waals surface area contributed by atoms with Crippen molar-refractivity contribution in [3.8, 4) is 0 Å². The van der Waals surface area contributed by atoms with Crippen molar-refractivity contribution in [2.45, 2.75) is 174 Å². The Labute approximate surface area is 279 Å². The highest BCUT2D eigenvalue weighted by molar-refractivity contribution is 7.47. The lowest BCUT2D eigenvalue weighted by Gasteiger charge is -2.20. The molecule has 1 unspecified atom stereocenters. The number of esters is 2. The van der Waals surface area contributed by atoms with Crippen molar-refractivity contribution in [3.05, 3.63) is 12.2 Å². The molecule has 0 aromatic heterocycles. The van der Waals surface area contributed by atoms with E-state index < -0.39 is 51.8 Å². The second-order valence-electron chi connectivity index (χ2n) is 12.3. The standard InChI is InChI=1S/C35H67O10P/c1-3-5-7-9-11-13-14-15-16-17-19-21-23-25-27-35(39)45-33(31-44-46(40,41)43-29-32(37)28-36)30-42-34(38)26-24-22-20-18-12-10-8-6-4-2/h14-15,32-33,36-37H,3-13,16-31H2,1-2H3,(H,40,41)/b15-14-/t32-,33+/m0/s1. The minimum absolute atomic E-state index is 0.177. The highest BCUT2D eigenvalue weighted by atomic mass is 31.2. The molecule has 0 rings (SSSR count). The van der Waals surface area contributed by atoms with E-state index in [1.165, 1.54) is 64.2 Å². The van der Waals surface area contributed by atoms with Crippen molar-refractivity contribution < 1.29 is 47.8 Å². The van der Waals surface area contributed by atoms with Gasteiger partial charge in [0.05, 0.1) is 19.8 Å². The van der Waals surface area contributed by atoms with Gasteiger partial charge in [-0.3, -0.25) is 18.6 Å². The van der Waals surface area contributed by atoms with Gasteiger partial charge in [0.2, 0.25) is 0 Å². The van der Waals surface area contributed by atoms with Crippen LogP contribution >= 0.6 is 7.82 Å². The van der Waals surface area contributed by atoms with Gasteiger partial charge < -0.3 is 24.6 Å². The quantitative estimate of drug-likeness (QED) is 0.0262. The summed E-state index contributed by atoms with van der Waals surface area (Å²) < 4.78 is 32.5. The minimum atomic E-state index is -4.60. The predicted molar refractivity (Wildman–Crippen MR) is 182 cm³/mol. The van der Waals surface area contributed by atoms with Gasteiger partial charge in [-0.25, -0.2) is 4.57 Å². The monoisotopic (exact) mass is 678 g/mol. The lowest BCUT2D eigenvalue weighted by Crippen LogP contribution is -2.29. The number of aliphatic hydroxyl groups is 2. The molecule has 0 amide bonds. The zero-order chi connectivity index (χ0) is 34.1. The number of ether oxygens (including phenoxy) is 2. The number of unbranched alkanes of at least 4 members (excludes halogenated alkanes) is 18. The Bertz CT molecular complexity index is 791. The van der Waals surface area contributed by atoms with Crippen LogP contribution in [0.2, 0.25) is 0 Å². The molecule has 0 saturated heterocycles. The summed E-state index contributed by atoms with van der Waals surface area (Å²) in [4.78, 5) is 34.7. The van der Waals surface area contributed by atoms with E-state index in [1.54, 1.807) is 0 Å². The molecule has 0 bridgehead atoms. The normalized spacial score (nSPS) is 14.3. The fourth-order valence-electron chi connectivity index (χ4n) is 4.81. The van der Waals surface area contributed by atoms with Crippen LogP contribution in [0.25, 0.3) is 0 Å². The highest BCUT2D eigenvalue weighted by Crippen LogP contribution is 2.43. The van der Waals surface area contributed by atoms with Crippen LogP contribution in [0.5, 0.6) is 0 Å². The Kier molecular flexibility index (Phi) is 31.4. The fourth-order valence-corrected chi connectivity index (χ4v) is 5.60. The van der Waals surface area contributed by atoms with Gasteiger partial charge in [0, 0.05) is 12.8 Å². The molecule has 46 heavy (non-hydrogen) atoms. The lowest BCUT2D eigenvalue weighted by atomic mass is 10.1. The Morgan fingerprint density at radius 2 is 1.07 bits per heavy atom. The Hall–Kier alpha value is -1.29. The van der Waals surface area contributed by atoms with Gasteiger partial charge in [0.15, 0.2) is 6.10 Å². The third-order valence-corrected chi connectivity index (χ3v) is 8.62. The van der Waals surface area contributed by atoms with Gasteiger partial charge in [-0.15, -0.1) is 0 Å². The summed E-state index contributed by atoms with van der Waals surface area (Å²) in [7, 11) is -4.60. The molecule has 3 atom stereocenters. The second-order valence-corrected chi connectivity index (χ2v) is 13.7. The molecule has 0 aliphatic heterocycles. The summed E-state index contributed by atoms with van der Waals surface area (Å²) in [6.07, 6.45) is 26.2. The number of carbonyl (C=O) groups excluding carboxylic acids is 2. The van der Waals surface area contributed by atoms with Gasteiger partial charge in [-0.2, -0.15) is 0 Å². The molecule has 0 aromatic rings. The van der Waals surface area contributed by atoms with E-state index in [4.69, 9.17) is 19.1 Å². The van der Waals surface area contributed by atoms with Crippen molar-refractivity contribution in [1.82, 2.24) is 0 Å². The number of allylic oxidation sites excluding steroid dienone is 2. The van der Waals surface area contributed by atoms with Gasteiger partial charge in [-0.1, -0.05) is 122 Å². The molecule has 0 heterocycles. The molecule has 0 fully saturated rings. The van der Waals surface area contributed by atoms with E-state index in [0.29, 0.717) is 12.8 Å². The fraction of sp³-hybridized carbons (Fsp3) is 0.886. The average Bonchev–Trinajstić information content (AvgIpc) is 3.04. The molecule has 10 nitrogen and oxygen atoms in total. The molecule has 11 heteroatoms. The summed E-state index contributed by atoms with van der Waals surface area (Å²) in [6, 6.07) is 0. The topological polar surface area (TPSA) is 149 Å². The summed E-state index contributed by atoms with van der Waals surface area (Å²) >= 11 is 0. The number of hydrogen-bond donors (Lipinski definition) is 3. The minimum Gasteiger partial charge on any atom is -0.462 e. The first kappa shape index (κ1) is 44.7. The van der Waals surface area contributed by atoms with Gasteiger partial charge in [0.1, 0.15) is 12.7 Å². The first-order chi connectivity index (χ1) is 22.2. The molecule has 0 aliphatic rings. The van der Waals surface area contributed by atoms with Crippen LogP contribution in [0.3, 0.4) is 0 Å². The van der Waals surface area contributed by atoms with Crippen LogP contribution < -0.4 is 0 Å². The van der Waals surface area contributed by atoms with E-state index in [1.807, 2.05) is 0 Å². The number of rotatable bonds is 34. The Morgan fingerprint density at radius 1 is 0.630 bits per heavy atom. The highest BCUT2D eigenvalue weighted by Gasteiger charge is 2.27. The molecule has 0 aliphatic carbocycles. The van der Waals surface area contributed by atoms with Gasteiger partial charge in [0.25, 0.3) is 0 Å². The first-order valence-electron chi connectivity index (χ1n) is 18.1. The average molecular weight is 679 g/mol. The van der Waals surface area contributed by atoms with Crippen LogP contribution in [0.1, 0.15) is 162 Å². The molecule has 0 spiro atoms. The van der Waals surface area contributed by atoms with Crippen molar-refractivity contribution in [3.63, 3.8) is 0 Å². The summed E-state index contributed by atoms with van der Waals surface area (Å²) in [5, 5.41) is 18.2. The summed E-state index contributed by atoms with van der Waals surface area (Å²) in [6.45, 7) is 2.32. The van der Waals surface area contributed by atoms with E-state index >= 15 is 0 Å². The number of phosphoric ester groups is 1. The van der Waals surface area contributed by atoms with Crippen molar-refractivity contribution in [1.29, 1.82) is 0 Å². The molecular weight excluding hydrogens is 611 g/mol. The number of phosphoric acid groups is 1. The number of aliphatic hydroxyl groups excluding tert-OH is 2. The summed E-state index contributed by atoms with van der Waals surface area (Å²) in [5.41, 5.74) is 0.